The predicted octanol–water partition coefficient (Wildman–Crippen LogP) is 4.33. The first-order valence-corrected chi connectivity index (χ1v) is 7.47. The number of para-hydroxylation sites is 1. The molecule has 0 aliphatic carbocycles. The van der Waals surface area contributed by atoms with Gasteiger partial charge in [0, 0.05) is 16.3 Å². The summed E-state index contributed by atoms with van der Waals surface area (Å²) in [5, 5.41) is 17.7. The smallest absolute Gasteiger partial charge is 0.191 e. The first-order valence-electron chi connectivity index (χ1n) is 6.31. The van der Waals surface area contributed by atoms with Gasteiger partial charge >= 0.3 is 0 Å². The molecule has 4 nitrogen and oxygen atoms in total. The number of aryl methyl sites for hydroxylation is 1. The van der Waals surface area contributed by atoms with E-state index in [1.165, 1.54) is 12.3 Å². The number of benzene rings is 2. The highest BCUT2D eigenvalue weighted by molar-refractivity contribution is 7.80. The molecule has 0 aromatic heterocycles. The van der Waals surface area contributed by atoms with Crippen molar-refractivity contribution < 1.29 is 5.11 Å². The van der Waals surface area contributed by atoms with Gasteiger partial charge in [0.15, 0.2) is 5.11 Å². The van der Waals surface area contributed by atoms with Crippen LogP contribution < -0.4 is 10.7 Å². The summed E-state index contributed by atoms with van der Waals surface area (Å²) in [6.45, 7) is 1.97. The molecule has 0 amide bonds. The molecule has 22 heavy (non-hydrogen) atoms. The summed E-state index contributed by atoms with van der Waals surface area (Å²) < 4.78 is 0. The van der Waals surface area contributed by atoms with Crippen LogP contribution in [0.3, 0.4) is 0 Å². The van der Waals surface area contributed by atoms with Gasteiger partial charge in [0.25, 0.3) is 0 Å². The number of nitrogens with zero attached hydrogens (tertiary/aromatic N) is 1. The first-order chi connectivity index (χ1) is 10.5. The maximum atomic E-state index is 9.80. The number of aromatic hydroxyl groups is 1. The van der Waals surface area contributed by atoms with Crippen molar-refractivity contribution >= 4 is 52.4 Å². The van der Waals surface area contributed by atoms with Gasteiger partial charge in [0.1, 0.15) is 5.75 Å². The molecule has 114 valence electrons. The highest BCUT2D eigenvalue weighted by atomic mass is 35.5. The second kappa shape index (κ2) is 7.45. The lowest BCUT2D eigenvalue weighted by molar-refractivity contribution is 0.474. The lowest BCUT2D eigenvalue weighted by atomic mass is 10.2. The Kier molecular flexibility index (Phi) is 5.60. The topological polar surface area (TPSA) is 56.7 Å². The summed E-state index contributed by atoms with van der Waals surface area (Å²) in [6, 6.07) is 10.7. The zero-order valence-corrected chi connectivity index (χ0v) is 13.9. The van der Waals surface area contributed by atoms with Crippen LogP contribution in [0.2, 0.25) is 10.0 Å². The summed E-state index contributed by atoms with van der Waals surface area (Å²) in [6.07, 6.45) is 1.39. The van der Waals surface area contributed by atoms with Crippen LogP contribution in [0.15, 0.2) is 41.5 Å². The van der Waals surface area contributed by atoms with Crippen LogP contribution in [0.25, 0.3) is 0 Å². The van der Waals surface area contributed by atoms with Crippen molar-refractivity contribution in [3.63, 3.8) is 0 Å². The molecule has 2 aromatic rings. The molecule has 7 heteroatoms. The Morgan fingerprint density at radius 3 is 2.73 bits per heavy atom. The summed E-state index contributed by atoms with van der Waals surface area (Å²) in [5.41, 5.74) is 5.01. The number of hydrogen-bond acceptors (Lipinski definition) is 3. The molecule has 0 bridgehead atoms. The molecule has 3 N–H and O–H groups in total. The fourth-order valence-electron chi connectivity index (χ4n) is 1.71. The van der Waals surface area contributed by atoms with Crippen molar-refractivity contribution in [2.75, 3.05) is 5.32 Å². The van der Waals surface area contributed by atoms with Crippen molar-refractivity contribution in [1.82, 2.24) is 5.43 Å². The van der Waals surface area contributed by atoms with Gasteiger partial charge in [0.2, 0.25) is 0 Å². The van der Waals surface area contributed by atoms with Crippen LogP contribution in [0.4, 0.5) is 5.69 Å². The minimum absolute atomic E-state index is 0.0885. The van der Waals surface area contributed by atoms with Crippen molar-refractivity contribution in [3.8, 4) is 5.75 Å². The average Bonchev–Trinajstić information content (AvgIpc) is 2.46. The van der Waals surface area contributed by atoms with Gasteiger partial charge in [0.05, 0.1) is 11.2 Å². The monoisotopic (exact) mass is 353 g/mol. The van der Waals surface area contributed by atoms with Crippen LogP contribution in [-0.2, 0) is 0 Å². The number of anilines is 1. The molecular weight excluding hydrogens is 341 g/mol. The second-order valence-corrected chi connectivity index (χ2v) is 5.72. The van der Waals surface area contributed by atoms with Gasteiger partial charge in [-0.15, -0.1) is 0 Å². The highest BCUT2D eigenvalue weighted by Gasteiger charge is 2.06. The van der Waals surface area contributed by atoms with Gasteiger partial charge in [-0.3, -0.25) is 5.43 Å². The van der Waals surface area contributed by atoms with Gasteiger partial charge in [-0.25, -0.2) is 0 Å². The fourth-order valence-corrected chi connectivity index (χ4v) is 2.38. The van der Waals surface area contributed by atoms with E-state index < -0.39 is 0 Å². The molecule has 0 unspecified atom stereocenters. The van der Waals surface area contributed by atoms with Crippen molar-refractivity contribution in [3.05, 3.63) is 57.6 Å². The zero-order valence-electron chi connectivity index (χ0n) is 11.6. The number of phenols is 1. The van der Waals surface area contributed by atoms with Gasteiger partial charge in [-0.05, 0) is 42.9 Å². The van der Waals surface area contributed by atoms with E-state index in [0.29, 0.717) is 15.7 Å². The van der Waals surface area contributed by atoms with Gasteiger partial charge in [-0.2, -0.15) is 5.10 Å². The number of halogens is 2. The molecule has 0 saturated heterocycles. The Hall–Kier alpha value is -1.82. The number of rotatable bonds is 3. The van der Waals surface area contributed by atoms with E-state index in [1.807, 2.05) is 31.2 Å². The van der Waals surface area contributed by atoms with Crippen LogP contribution >= 0.6 is 35.4 Å². The lowest BCUT2D eigenvalue weighted by Crippen LogP contribution is -2.24. The maximum absolute atomic E-state index is 9.80. The van der Waals surface area contributed by atoms with Crippen molar-refractivity contribution in [1.29, 1.82) is 0 Å². The molecule has 0 heterocycles. The number of thiocarbonyl (C=S) groups is 1. The van der Waals surface area contributed by atoms with Crippen LogP contribution in [-0.4, -0.2) is 16.4 Å². The Balaban J connectivity index is 2.01. The third-order valence-corrected chi connectivity index (χ3v) is 3.52. The second-order valence-electron chi connectivity index (χ2n) is 4.46. The largest absolute Gasteiger partial charge is 0.506 e. The van der Waals surface area contributed by atoms with Crippen LogP contribution in [0.5, 0.6) is 5.75 Å². The molecule has 0 radical (unpaired) electrons. The third-order valence-electron chi connectivity index (χ3n) is 2.82. The molecule has 2 rings (SSSR count). The maximum Gasteiger partial charge on any atom is 0.191 e. The molecule has 0 fully saturated rings. The Morgan fingerprint density at radius 1 is 1.27 bits per heavy atom. The summed E-state index contributed by atoms with van der Waals surface area (Å²) in [5.74, 6) is -0.0885. The van der Waals surface area contributed by atoms with Gasteiger partial charge < -0.3 is 10.4 Å². The molecule has 2 aromatic carbocycles. The molecule has 0 aliphatic heterocycles. The van der Waals surface area contributed by atoms with E-state index in [-0.39, 0.29) is 10.8 Å². The molecule has 0 saturated carbocycles. The minimum atomic E-state index is -0.0885. The summed E-state index contributed by atoms with van der Waals surface area (Å²) >= 11 is 16.8. The SMILES string of the molecule is Cc1ccccc1NC(=S)N/N=C/c1cc(Cl)cc(Cl)c1O. The Bertz CT molecular complexity index is 735. The fraction of sp³-hybridized carbons (Fsp3) is 0.0667. The molecule has 0 spiro atoms. The number of nitrogens with one attached hydrogen (secondary N) is 2. The van der Waals surface area contributed by atoms with E-state index >= 15 is 0 Å². The molecular formula is C15H13Cl2N3OS. The normalized spacial score (nSPS) is 10.7. The summed E-state index contributed by atoms with van der Waals surface area (Å²) in [4.78, 5) is 0. The number of hydrogen-bond donors (Lipinski definition) is 3. The number of hydrazone groups is 1. The Labute approximate surface area is 143 Å². The number of phenolic OH excluding ortho intramolecular Hbond substituents is 1. The highest BCUT2D eigenvalue weighted by Crippen LogP contribution is 2.29. The van der Waals surface area contributed by atoms with E-state index in [1.54, 1.807) is 6.07 Å². The van der Waals surface area contributed by atoms with E-state index in [4.69, 9.17) is 35.4 Å². The molecule has 0 aliphatic rings. The quantitative estimate of drug-likeness (QED) is 0.436. The van der Waals surface area contributed by atoms with E-state index in [9.17, 15) is 5.11 Å². The lowest BCUT2D eigenvalue weighted by Gasteiger charge is -2.09. The predicted molar refractivity (Wildman–Crippen MR) is 96.3 cm³/mol. The Morgan fingerprint density at radius 2 is 2.00 bits per heavy atom. The first kappa shape index (κ1) is 16.5. The average molecular weight is 354 g/mol. The standard InChI is InChI=1S/C15H13Cl2N3OS/c1-9-4-2-3-5-13(9)19-15(22)20-18-8-10-6-11(16)7-12(17)14(10)21/h2-8,21H,1H3,(H2,19,20,22)/b18-8+. The summed E-state index contributed by atoms with van der Waals surface area (Å²) in [7, 11) is 0. The minimum Gasteiger partial charge on any atom is -0.506 e. The van der Waals surface area contributed by atoms with Crippen LogP contribution in [0.1, 0.15) is 11.1 Å². The van der Waals surface area contributed by atoms with E-state index in [0.717, 1.165) is 11.3 Å². The van der Waals surface area contributed by atoms with Crippen molar-refractivity contribution in [2.45, 2.75) is 6.92 Å². The van der Waals surface area contributed by atoms with Gasteiger partial charge in [-0.1, -0.05) is 41.4 Å². The van der Waals surface area contributed by atoms with Crippen LogP contribution in [0, 0.1) is 6.92 Å². The third kappa shape index (κ3) is 4.34. The molecule has 0 atom stereocenters. The van der Waals surface area contributed by atoms with E-state index in [2.05, 4.69) is 15.8 Å². The van der Waals surface area contributed by atoms with Crippen molar-refractivity contribution in [2.24, 2.45) is 5.10 Å². The zero-order chi connectivity index (χ0) is 16.1.